The second-order valence-electron chi connectivity index (χ2n) is 6.39. The van der Waals surface area contributed by atoms with Gasteiger partial charge in [0.15, 0.2) is 0 Å². The van der Waals surface area contributed by atoms with Crippen molar-refractivity contribution in [1.29, 1.82) is 0 Å². The van der Waals surface area contributed by atoms with E-state index in [-0.39, 0.29) is 0 Å². The third-order valence-corrected chi connectivity index (χ3v) is 4.62. The van der Waals surface area contributed by atoms with Crippen LogP contribution in [0.25, 0.3) is 11.1 Å². The van der Waals surface area contributed by atoms with Gasteiger partial charge in [-0.15, -0.1) is 0 Å². The molecule has 0 N–H and O–H groups in total. The second kappa shape index (κ2) is 8.48. The number of aryl methyl sites for hydroxylation is 1. The largest absolute Gasteiger partial charge is 0.0651 e. The van der Waals surface area contributed by atoms with Gasteiger partial charge in [-0.2, -0.15) is 0 Å². The Bertz CT molecular complexity index is 809. The van der Waals surface area contributed by atoms with E-state index in [9.17, 15) is 0 Å². The molecule has 3 aromatic carbocycles. The van der Waals surface area contributed by atoms with Crippen LogP contribution >= 0.6 is 0 Å². The lowest BCUT2D eigenvalue weighted by molar-refractivity contribution is 0.922. The van der Waals surface area contributed by atoms with Crippen LogP contribution in [-0.2, 0) is 6.42 Å². The quantitative estimate of drug-likeness (QED) is 0.427. The minimum atomic E-state index is 1.00. The van der Waals surface area contributed by atoms with Gasteiger partial charge in [0.05, 0.1) is 0 Å². The average molecular weight is 326 g/mol. The Balaban J connectivity index is 2.17. The average Bonchev–Trinajstić information content (AvgIpc) is 2.68. The summed E-state index contributed by atoms with van der Waals surface area (Å²) in [5.74, 6) is 0. The van der Waals surface area contributed by atoms with Crippen molar-refractivity contribution in [3.05, 3.63) is 107 Å². The highest BCUT2D eigenvalue weighted by atomic mass is 14.2. The molecule has 0 amide bonds. The molecule has 0 aliphatic rings. The van der Waals surface area contributed by atoms with Crippen LogP contribution in [0.1, 0.15) is 48.9 Å². The predicted molar refractivity (Wildman–Crippen MR) is 110 cm³/mol. The maximum atomic E-state index is 2.28. The maximum Gasteiger partial charge on any atom is -0.00735 e. The van der Waals surface area contributed by atoms with Crippen LogP contribution in [0, 0.1) is 0 Å². The number of allylic oxidation sites excluding steroid dienone is 1. The second-order valence-corrected chi connectivity index (χ2v) is 6.39. The molecule has 0 fully saturated rings. The molecular formula is C25H26. The number of hydrogen-bond acceptors (Lipinski definition) is 0. The molecule has 0 saturated carbocycles. The number of hydrogen-bond donors (Lipinski definition) is 0. The van der Waals surface area contributed by atoms with Crippen molar-refractivity contribution in [2.45, 2.75) is 33.1 Å². The third-order valence-electron chi connectivity index (χ3n) is 4.62. The Morgan fingerprint density at radius 3 is 1.64 bits per heavy atom. The van der Waals surface area contributed by atoms with Gasteiger partial charge in [-0.05, 0) is 46.2 Å². The number of benzene rings is 3. The Labute approximate surface area is 151 Å². The summed E-state index contributed by atoms with van der Waals surface area (Å²) >= 11 is 0. The van der Waals surface area contributed by atoms with E-state index < -0.39 is 0 Å². The van der Waals surface area contributed by atoms with Gasteiger partial charge in [0.2, 0.25) is 0 Å². The zero-order valence-electron chi connectivity index (χ0n) is 15.2. The molecular weight excluding hydrogens is 300 g/mol. The lowest BCUT2D eigenvalue weighted by atomic mass is 9.88. The van der Waals surface area contributed by atoms with E-state index in [1.165, 1.54) is 39.8 Å². The molecule has 0 nitrogen and oxygen atoms in total. The fraction of sp³-hybridized carbons (Fsp3) is 0.200. The Morgan fingerprint density at radius 1 is 0.600 bits per heavy atom. The van der Waals surface area contributed by atoms with E-state index in [4.69, 9.17) is 0 Å². The van der Waals surface area contributed by atoms with Gasteiger partial charge in [0.1, 0.15) is 0 Å². The molecule has 3 rings (SSSR count). The van der Waals surface area contributed by atoms with Crippen molar-refractivity contribution in [3.63, 3.8) is 0 Å². The highest BCUT2D eigenvalue weighted by Crippen LogP contribution is 2.34. The Morgan fingerprint density at radius 2 is 1.12 bits per heavy atom. The SMILES string of the molecule is CCCc1ccc(/C(=C(/CC)c2ccccc2)c2ccccc2)cc1. The van der Waals surface area contributed by atoms with Gasteiger partial charge in [-0.3, -0.25) is 0 Å². The minimum Gasteiger partial charge on any atom is -0.0651 e. The van der Waals surface area contributed by atoms with Crippen LogP contribution in [0.5, 0.6) is 0 Å². The zero-order valence-corrected chi connectivity index (χ0v) is 15.2. The molecule has 0 aromatic heterocycles. The van der Waals surface area contributed by atoms with E-state index in [1.54, 1.807) is 0 Å². The molecule has 126 valence electrons. The summed E-state index contributed by atoms with van der Waals surface area (Å²) in [6.45, 7) is 4.48. The van der Waals surface area contributed by atoms with E-state index in [2.05, 4.69) is 98.8 Å². The highest BCUT2D eigenvalue weighted by Gasteiger charge is 2.12. The normalized spacial score (nSPS) is 11.9. The molecule has 0 saturated heterocycles. The highest BCUT2D eigenvalue weighted by molar-refractivity contribution is 5.98. The summed E-state index contributed by atoms with van der Waals surface area (Å²) in [6.07, 6.45) is 3.33. The van der Waals surface area contributed by atoms with Crippen molar-refractivity contribution in [2.75, 3.05) is 0 Å². The van der Waals surface area contributed by atoms with Crippen LogP contribution < -0.4 is 0 Å². The molecule has 0 atom stereocenters. The maximum absolute atomic E-state index is 2.28. The van der Waals surface area contributed by atoms with Gasteiger partial charge < -0.3 is 0 Å². The summed E-state index contributed by atoms with van der Waals surface area (Å²) < 4.78 is 0. The fourth-order valence-electron chi connectivity index (χ4n) is 3.41. The smallest absolute Gasteiger partial charge is 0.00735 e. The van der Waals surface area contributed by atoms with Gasteiger partial charge in [0, 0.05) is 0 Å². The van der Waals surface area contributed by atoms with E-state index in [0.29, 0.717) is 0 Å². The summed E-state index contributed by atoms with van der Waals surface area (Å²) in [6, 6.07) is 30.6. The topological polar surface area (TPSA) is 0 Å². The van der Waals surface area contributed by atoms with Crippen molar-refractivity contribution >= 4 is 11.1 Å². The third kappa shape index (κ3) is 4.09. The van der Waals surface area contributed by atoms with Gasteiger partial charge in [-0.1, -0.05) is 105 Å². The zero-order chi connectivity index (χ0) is 17.5. The molecule has 0 heteroatoms. The molecule has 0 unspecified atom stereocenters. The first-order valence-electron chi connectivity index (χ1n) is 9.26. The molecule has 3 aromatic rings. The van der Waals surface area contributed by atoms with Crippen LogP contribution in [0.3, 0.4) is 0 Å². The molecule has 25 heavy (non-hydrogen) atoms. The lowest BCUT2D eigenvalue weighted by Gasteiger charge is -2.16. The molecule has 0 aliphatic carbocycles. The first-order chi connectivity index (χ1) is 12.3. The molecule has 0 radical (unpaired) electrons. The summed E-state index contributed by atoms with van der Waals surface area (Å²) in [7, 11) is 0. The molecule has 0 bridgehead atoms. The van der Waals surface area contributed by atoms with Crippen LogP contribution in [0.2, 0.25) is 0 Å². The van der Waals surface area contributed by atoms with Crippen molar-refractivity contribution < 1.29 is 0 Å². The van der Waals surface area contributed by atoms with E-state index >= 15 is 0 Å². The van der Waals surface area contributed by atoms with Crippen LogP contribution in [-0.4, -0.2) is 0 Å². The summed E-state index contributed by atoms with van der Waals surface area (Å²) in [5.41, 5.74) is 8.04. The standard InChI is InChI=1S/C25H26/c1-3-11-20-16-18-23(19-17-20)25(22-14-9-6-10-15-22)24(4-2)21-12-7-5-8-13-21/h5-10,12-19H,3-4,11H2,1-2H3/b25-24-. The van der Waals surface area contributed by atoms with Crippen molar-refractivity contribution in [3.8, 4) is 0 Å². The summed E-state index contributed by atoms with van der Waals surface area (Å²) in [5, 5.41) is 0. The predicted octanol–water partition coefficient (Wildman–Crippen LogP) is 7.01. The van der Waals surface area contributed by atoms with Gasteiger partial charge in [-0.25, -0.2) is 0 Å². The first kappa shape index (κ1) is 17.2. The first-order valence-corrected chi connectivity index (χ1v) is 9.26. The van der Waals surface area contributed by atoms with Crippen LogP contribution in [0.15, 0.2) is 84.9 Å². The van der Waals surface area contributed by atoms with E-state index in [0.717, 1.165) is 12.8 Å². The van der Waals surface area contributed by atoms with Gasteiger partial charge >= 0.3 is 0 Å². The summed E-state index contributed by atoms with van der Waals surface area (Å²) in [4.78, 5) is 0. The molecule has 0 spiro atoms. The van der Waals surface area contributed by atoms with Crippen molar-refractivity contribution in [2.24, 2.45) is 0 Å². The molecule has 0 heterocycles. The fourth-order valence-corrected chi connectivity index (χ4v) is 3.41. The lowest BCUT2D eigenvalue weighted by Crippen LogP contribution is -1.95. The monoisotopic (exact) mass is 326 g/mol. The Kier molecular flexibility index (Phi) is 5.85. The van der Waals surface area contributed by atoms with Gasteiger partial charge in [0.25, 0.3) is 0 Å². The number of rotatable bonds is 6. The van der Waals surface area contributed by atoms with Crippen LogP contribution in [0.4, 0.5) is 0 Å². The minimum absolute atomic E-state index is 1.00. The Hall–Kier alpha value is -2.60. The molecule has 0 aliphatic heterocycles. The van der Waals surface area contributed by atoms with Crippen molar-refractivity contribution in [1.82, 2.24) is 0 Å². The van der Waals surface area contributed by atoms with E-state index in [1.807, 2.05) is 0 Å².